The van der Waals surface area contributed by atoms with Crippen LogP contribution in [0, 0.1) is 5.41 Å². The van der Waals surface area contributed by atoms with Crippen molar-refractivity contribution in [3.63, 3.8) is 0 Å². The Kier molecular flexibility index (Phi) is 4.26. The molecule has 0 aliphatic heterocycles. The van der Waals surface area contributed by atoms with E-state index in [2.05, 4.69) is 5.32 Å². The first kappa shape index (κ1) is 16.2. The minimum atomic E-state index is -3.05. The van der Waals surface area contributed by atoms with Gasteiger partial charge in [0.15, 0.2) is 0 Å². The quantitative estimate of drug-likeness (QED) is 0.832. The molecule has 1 aromatic rings. The predicted octanol–water partition coefficient (Wildman–Crippen LogP) is 3.77. The molecule has 3 nitrogen and oxygen atoms in total. The Bertz CT molecular complexity index is 595. The third kappa shape index (κ3) is 3.19. The molecule has 0 spiro atoms. The SMILES string of the molecule is CC(F)(F)C1(C(=O)NCc2ccc(Cl)c(C(=O)Cl)c2)CC1. The van der Waals surface area contributed by atoms with Gasteiger partial charge in [0.1, 0.15) is 5.41 Å². The van der Waals surface area contributed by atoms with Gasteiger partial charge in [-0.3, -0.25) is 9.59 Å². The molecule has 1 amide bonds. The molecule has 0 bridgehead atoms. The topological polar surface area (TPSA) is 46.2 Å². The summed E-state index contributed by atoms with van der Waals surface area (Å²) >= 11 is 11.2. The van der Waals surface area contributed by atoms with E-state index in [1.54, 1.807) is 6.07 Å². The van der Waals surface area contributed by atoms with E-state index in [1.165, 1.54) is 12.1 Å². The largest absolute Gasteiger partial charge is 0.351 e. The summed E-state index contributed by atoms with van der Waals surface area (Å²) in [5.74, 6) is -3.72. The zero-order valence-electron chi connectivity index (χ0n) is 11.2. The molecule has 0 unspecified atom stereocenters. The normalized spacial score (nSPS) is 16.4. The average molecular weight is 336 g/mol. The van der Waals surface area contributed by atoms with Gasteiger partial charge in [0, 0.05) is 13.5 Å². The van der Waals surface area contributed by atoms with Crippen molar-refractivity contribution in [2.24, 2.45) is 5.41 Å². The molecule has 0 aromatic heterocycles. The highest BCUT2D eigenvalue weighted by atomic mass is 35.5. The summed E-state index contributed by atoms with van der Waals surface area (Å²) in [5, 5.41) is 1.96. The Labute approximate surface area is 130 Å². The van der Waals surface area contributed by atoms with Crippen LogP contribution in [0.5, 0.6) is 0 Å². The van der Waals surface area contributed by atoms with Crippen LogP contribution in [-0.2, 0) is 11.3 Å². The summed E-state index contributed by atoms with van der Waals surface area (Å²) in [4.78, 5) is 23.1. The van der Waals surface area contributed by atoms with E-state index < -0.39 is 22.5 Å². The Hall–Kier alpha value is -1.20. The first-order valence-electron chi connectivity index (χ1n) is 6.32. The zero-order chi connectivity index (χ0) is 15.8. The monoisotopic (exact) mass is 335 g/mol. The van der Waals surface area contributed by atoms with Crippen molar-refractivity contribution in [3.8, 4) is 0 Å². The predicted molar refractivity (Wildman–Crippen MR) is 75.8 cm³/mol. The van der Waals surface area contributed by atoms with Crippen molar-refractivity contribution >= 4 is 34.4 Å². The van der Waals surface area contributed by atoms with Gasteiger partial charge in [-0.2, -0.15) is 0 Å². The molecule has 1 N–H and O–H groups in total. The molecular formula is C14H13Cl2F2NO2. The molecule has 21 heavy (non-hydrogen) atoms. The maximum atomic E-state index is 13.4. The van der Waals surface area contributed by atoms with Gasteiger partial charge in [-0.05, 0) is 42.1 Å². The lowest BCUT2D eigenvalue weighted by atomic mass is 9.98. The number of rotatable bonds is 5. The molecule has 114 valence electrons. The summed E-state index contributed by atoms with van der Waals surface area (Å²) in [5.41, 5.74) is -0.913. The van der Waals surface area contributed by atoms with E-state index in [-0.39, 0.29) is 30.0 Å². The molecule has 7 heteroatoms. The first-order chi connectivity index (χ1) is 9.67. The van der Waals surface area contributed by atoms with Crippen LogP contribution >= 0.6 is 23.2 Å². The van der Waals surface area contributed by atoms with Gasteiger partial charge in [-0.25, -0.2) is 8.78 Å². The van der Waals surface area contributed by atoms with Gasteiger partial charge in [0.25, 0.3) is 11.2 Å². The van der Waals surface area contributed by atoms with Crippen LogP contribution in [0.15, 0.2) is 18.2 Å². The number of alkyl halides is 2. The lowest BCUT2D eigenvalue weighted by Gasteiger charge is -2.22. The van der Waals surface area contributed by atoms with Crippen LogP contribution in [0.25, 0.3) is 0 Å². The summed E-state index contributed by atoms with van der Waals surface area (Å²) in [7, 11) is 0. The van der Waals surface area contributed by atoms with Crippen molar-refractivity contribution < 1.29 is 18.4 Å². The summed E-state index contributed by atoms with van der Waals surface area (Å²) in [6.07, 6.45) is 0.350. The third-order valence-electron chi connectivity index (χ3n) is 3.72. The van der Waals surface area contributed by atoms with Gasteiger partial charge in [0.2, 0.25) is 5.91 Å². The van der Waals surface area contributed by atoms with Gasteiger partial charge < -0.3 is 5.32 Å². The number of carbonyl (C=O) groups excluding carboxylic acids is 2. The van der Waals surface area contributed by atoms with Crippen LogP contribution in [0.3, 0.4) is 0 Å². The van der Waals surface area contributed by atoms with E-state index in [0.717, 1.165) is 6.92 Å². The minimum absolute atomic E-state index is 0.0327. The second kappa shape index (κ2) is 5.54. The van der Waals surface area contributed by atoms with E-state index in [4.69, 9.17) is 23.2 Å². The minimum Gasteiger partial charge on any atom is -0.351 e. The fraction of sp³-hybridized carbons (Fsp3) is 0.429. The Morgan fingerprint density at radius 2 is 2.00 bits per heavy atom. The molecule has 1 aliphatic carbocycles. The van der Waals surface area contributed by atoms with Crippen LogP contribution in [0.4, 0.5) is 8.78 Å². The second-order valence-electron chi connectivity index (χ2n) is 5.24. The van der Waals surface area contributed by atoms with Crippen LogP contribution in [0.1, 0.15) is 35.7 Å². The van der Waals surface area contributed by atoms with E-state index in [0.29, 0.717) is 5.56 Å². The smallest absolute Gasteiger partial charge is 0.259 e. The molecule has 1 fully saturated rings. The average Bonchev–Trinajstić information content (AvgIpc) is 3.17. The molecule has 0 heterocycles. The number of benzene rings is 1. The highest BCUT2D eigenvalue weighted by Gasteiger charge is 2.64. The summed E-state index contributed by atoms with van der Waals surface area (Å²) in [6, 6.07) is 4.50. The number of carbonyl (C=O) groups is 2. The molecule has 2 rings (SSSR count). The van der Waals surface area contributed by atoms with Crippen molar-refractivity contribution in [3.05, 3.63) is 34.3 Å². The lowest BCUT2D eigenvalue weighted by Crippen LogP contribution is -2.41. The highest BCUT2D eigenvalue weighted by Crippen LogP contribution is 2.56. The lowest BCUT2D eigenvalue weighted by molar-refractivity contribution is -0.141. The number of hydrogen-bond acceptors (Lipinski definition) is 2. The Balaban J connectivity index is 2.06. The highest BCUT2D eigenvalue weighted by molar-refractivity contribution is 6.68. The number of halogens is 4. The van der Waals surface area contributed by atoms with E-state index in [1.807, 2.05) is 0 Å². The van der Waals surface area contributed by atoms with Crippen molar-refractivity contribution in [1.82, 2.24) is 5.32 Å². The zero-order valence-corrected chi connectivity index (χ0v) is 12.7. The Morgan fingerprint density at radius 3 is 2.48 bits per heavy atom. The van der Waals surface area contributed by atoms with Crippen LogP contribution in [0.2, 0.25) is 5.02 Å². The molecule has 1 aromatic carbocycles. The van der Waals surface area contributed by atoms with Gasteiger partial charge in [-0.1, -0.05) is 17.7 Å². The molecule has 1 aliphatic rings. The number of hydrogen-bond donors (Lipinski definition) is 1. The van der Waals surface area contributed by atoms with Crippen LogP contribution < -0.4 is 5.32 Å². The fourth-order valence-corrected chi connectivity index (χ4v) is 2.58. The molecule has 0 atom stereocenters. The fourth-order valence-electron chi connectivity index (χ4n) is 2.17. The number of amides is 1. The Morgan fingerprint density at radius 1 is 1.38 bits per heavy atom. The first-order valence-corrected chi connectivity index (χ1v) is 7.07. The van der Waals surface area contributed by atoms with Crippen molar-refractivity contribution in [2.75, 3.05) is 0 Å². The molecular weight excluding hydrogens is 323 g/mol. The number of nitrogens with one attached hydrogen (secondary N) is 1. The van der Waals surface area contributed by atoms with E-state index >= 15 is 0 Å². The summed E-state index contributed by atoms with van der Waals surface area (Å²) in [6.45, 7) is 0.789. The molecule has 0 saturated heterocycles. The van der Waals surface area contributed by atoms with E-state index in [9.17, 15) is 18.4 Å². The van der Waals surface area contributed by atoms with Crippen molar-refractivity contribution in [2.45, 2.75) is 32.2 Å². The molecule has 1 saturated carbocycles. The maximum Gasteiger partial charge on any atom is 0.259 e. The van der Waals surface area contributed by atoms with Crippen molar-refractivity contribution in [1.29, 1.82) is 0 Å². The van der Waals surface area contributed by atoms with Crippen LogP contribution in [-0.4, -0.2) is 17.1 Å². The maximum absolute atomic E-state index is 13.4. The van der Waals surface area contributed by atoms with Gasteiger partial charge in [-0.15, -0.1) is 0 Å². The second-order valence-corrected chi connectivity index (χ2v) is 5.99. The third-order valence-corrected chi connectivity index (χ3v) is 4.25. The standard InChI is InChI=1S/C14H13Cl2F2NO2/c1-13(17,18)14(4-5-14)12(21)19-7-8-2-3-10(15)9(6-8)11(16)20/h2-3,6H,4-5,7H2,1H3,(H,19,21). The molecule has 0 radical (unpaired) electrons. The van der Waals surface area contributed by atoms with Gasteiger partial charge >= 0.3 is 0 Å². The van der Waals surface area contributed by atoms with Gasteiger partial charge in [0.05, 0.1) is 10.6 Å². The summed E-state index contributed by atoms with van der Waals surface area (Å²) < 4.78 is 26.8.